The molecule has 7 heteroatoms. The van der Waals surface area contributed by atoms with Gasteiger partial charge in [-0.05, 0) is 6.92 Å². The molecule has 0 aliphatic rings. The maximum Gasteiger partial charge on any atom is 0.350 e. The summed E-state index contributed by atoms with van der Waals surface area (Å²) in [6, 6.07) is 0.761. The zero-order chi connectivity index (χ0) is 11.0. The van der Waals surface area contributed by atoms with Crippen molar-refractivity contribution in [3.63, 3.8) is 0 Å². The van der Waals surface area contributed by atoms with Gasteiger partial charge in [0.25, 0.3) is 0 Å². The Balaban J connectivity index is 4.20. The Labute approximate surface area is 80.5 Å². The number of ether oxygens (including phenoxy) is 1. The molecule has 0 aromatic rings. The van der Waals surface area contributed by atoms with Crippen molar-refractivity contribution in [1.29, 1.82) is 5.26 Å². The number of nitrogens with one attached hydrogen (secondary N) is 2. The maximum atomic E-state index is 11.0. The predicted octanol–water partition coefficient (Wildman–Crippen LogP) is -0.870. The quantitative estimate of drug-likeness (QED) is 0.235. The summed E-state index contributed by atoms with van der Waals surface area (Å²) in [4.78, 5) is 21.1. The number of esters is 1. The molecule has 0 heterocycles. The minimum absolute atomic E-state index is 0.168. The third kappa shape index (κ3) is 4.61. The van der Waals surface area contributed by atoms with Crippen LogP contribution in [0, 0.1) is 11.3 Å². The lowest BCUT2D eigenvalue weighted by Gasteiger charge is -2.01. The number of hydrazine groups is 1. The second-order valence-electron chi connectivity index (χ2n) is 2.02. The van der Waals surface area contributed by atoms with E-state index in [0.29, 0.717) is 0 Å². The Bertz CT molecular complexity index is 292. The zero-order valence-corrected chi connectivity index (χ0v) is 7.53. The number of carbonyl (C=O) groups excluding carboxylic acids is 2. The van der Waals surface area contributed by atoms with E-state index in [-0.39, 0.29) is 12.2 Å². The van der Waals surface area contributed by atoms with Crippen molar-refractivity contribution in [2.45, 2.75) is 6.92 Å². The lowest BCUT2D eigenvalue weighted by atomic mass is 10.3. The van der Waals surface area contributed by atoms with Gasteiger partial charge in [-0.15, -0.1) is 0 Å². The van der Waals surface area contributed by atoms with E-state index in [4.69, 9.17) is 11.0 Å². The van der Waals surface area contributed by atoms with Gasteiger partial charge in [0.15, 0.2) is 5.57 Å². The summed E-state index contributed by atoms with van der Waals surface area (Å²) in [5, 5.41) is 8.49. The van der Waals surface area contributed by atoms with Crippen LogP contribution in [0.5, 0.6) is 0 Å². The molecule has 0 fully saturated rings. The van der Waals surface area contributed by atoms with Crippen molar-refractivity contribution in [3.8, 4) is 6.07 Å². The van der Waals surface area contributed by atoms with Gasteiger partial charge in [-0.1, -0.05) is 0 Å². The number of carbonyl (C=O) groups is 2. The number of amides is 2. The van der Waals surface area contributed by atoms with Gasteiger partial charge in [-0.25, -0.2) is 9.59 Å². The molecule has 2 amide bonds. The Hall–Kier alpha value is -2.23. The Morgan fingerprint density at radius 1 is 1.64 bits per heavy atom. The topological polar surface area (TPSA) is 117 Å². The van der Waals surface area contributed by atoms with Crippen LogP contribution in [-0.4, -0.2) is 18.6 Å². The van der Waals surface area contributed by atoms with Crippen LogP contribution >= 0.6 is 0 Å². The molecule has 0 bridgehead atoms. The number of nitrogens with two attached hydrogens (primary N) is 1. The average Bonchev–Trinajstić information content (AvgIpc) is 2.12. The van der Waals surface area contributed by atoms with Crippen LogP contribution in [0.4, 0.5) is 4.79 Å². The molecule has 0 rings (SSSR count). The summed E-state index contributed by atoms with van der Waals surface area (Å²) in [7, 11) is 0. The van der Waals surface area contributed by atoms with Crippen LogP contribution < -0.4 is 16.6 Å². The molecule has 0 radical (unpaired) electrons. The average molecular weight is 198 g/mol. The lowest BCUT2D eigenvalue weighted by Crippen LogP contribution is -2.38. The lowest BCUT2D eigenvalue weighted by molar-refractivity contribution is -0.138. The van der Waals surface area contributed by atoms with E-state index in [1.807, 2.05) is 5.43 Å². The molecule has 0 spiro atoms. The van der Waals surface area contributed by atoms with Crippen molar-refractivity contribution in [2.75, 3.05) is 6.61 Å². The minimum atomic E-state index is -0.831. The van der Waals surface area contributed by atoms with Gasteiger partial charge >= 0.3 is 12.0 Å². The van der Waals surface area contributed by atoms with E-state index in [1.54, 1.807) is 13.0 Å². The van der Waals surface area contributed by atoms with Crippen molar-refractivity contribution in [2.24, 2.45) is 5.73 Å². The van der Waals surface area contributed by atoms with Crippen LogP contribution in [0.25, 0.3) is 0 Å². The van der Waals surface area contributed by atoms with E-state index in [2.05, 4.69) is 10.2 Å². The van der Waals surface area contributed by atoms with Gasteiger partial charge in [-0.3, -0.25) is 5.43 Å². The molecule has 0 unspecified atom stereocenters. The smallest absolute Gasteiger partial charge is 0.350 e. The van der Waals surface area contributed by atoms with Gasteiger partial charge in [0, 0.05) is 6.20 Å². The van der Waals surface area contributed by atoms with Crippen LogP contribution in [0.2, 0.25) is 0 Å². The fourth-order valence-corrected chi connectivity index (χ4v) is 0.525. The normalized spacial score (nSPS) is 9.86. The SMILES string of the molecule is CCOC(=O)C(C#N)=CNNC(N)=O. The van der Waals surface area contributed by atoms with Gasteiger partial charge in [0.1, 0.15) is 6.07 Å². The summed E-state index contributed by atoms with van der Waals surface area (Å²) in [6.07, 6.45) is 0.989. The second-order valence-corrected chi connectivity index (χ2v) is 2.02. The highest BCUT2D eigenvalue weighted by Gasteiger charge is 2.08. The number of nitriles is 1. The van der Waals surface area contributed by atoms with E-state index < -0.39 is 12.0 Å². The van der Waals surface area contributed by atoms with E-state index in [0.717, 1.165) is 6.20 Å². The highest BCUT2D eigenvalue weighted by molar-refractivity contribution is 5.92. The van der Waals surface area contributed by atoms with Crippen LogP contribution in [-0.2, 0) is 9.53 Å². The highest BCUT2D eigenvalue weighted by atomic mass is 16.5. The molecule has 4 N–H and O–H groups in total. The highest BCUT2D eigenvalue weighted by Crippen LogP contribution is 1.93. The predicted molar refractivity (Wildman–Crippen MR) is 46.2 cm³/mol. The van der Waals surface area contributed by atoms with Gasteiger partial charge < -0.3 is 15.9 Å². The fourth-order valence-electron chi connectivity index (χ4n) is 0.525. The summed E-state index contributed by atoms with van der Waals surface area (Å²) in [6.45, 7) is 1.78. The molecule has 0 saturated heterocycles. The second kappa shape index (κ2) is 6.30. The third-order valence-electron chi connectivity index (χ3n) is 1.03. The number of nitrogens with zero attached hydrogens (tertiary/aromatic N) is 1. The van der Waals surface area contributed by atoms with Gasteiger partial charge in [0.05, 0.1) is 6.61 Å². The number of primary amides is 1. The standard InChI is InChI=1S/C7H10N4O3/c1-2-14-6(12)5(3-8)4-10-11-7(9)13/h4,10H,2H2,1H3,(H3,9,11,13). The van der Waals surface area contributed by atoms with E-state index in [9.17, 15) is 9.59 Å². The Morgan fingerprint density at radius 3 is 2.71 bits per heavy atom. The van der Waals surface area contributed by atoms with Gasteiger partial charge in [-0.2, -0.15) is 5.26 Å². The monoisotopic (exact) mass is 198 g/mol. The maximum absolute atomic E-state index is 11.0. The van der Waals surface area contributed by atoms with Crippen molar-refractivity contribution < 1.29 is 14.3 Å². The minimum Gasteiger partial charge on any atom is -0.462 e. The fraction of sp³-hybridized carbons (Fsp3) is 0.286. The Kier molecular flexibility index (Phi) is 5.30. The summed E-state index contributed by atoms with van der Waals surface area (Å²) >= 11 is 0. The third-order valence-corrected chi connectivity index (χ3v) is 1.03. The zero-order valence-electron chi connectivity index (χ0n) is 7.53. The first-order chi connectivity index (χ1) is 6.61. The van der Waals surface area contributed by atoms with Gasteiger partial charge in [0.2, 0.25) is 0 Å². The molecule has 0 saturated carbocycles. The molecule has 76 valence electrons. The summed E-state index contributed by atoms with van der Waals surface area (Å²) < 4.78 is 4.54. The van der Waals surface area contributed by atoms with Crippen molar-refractivity contribution in [3.05, 3.63) is 11.8 Å². The van der Waals surface area contributed by atoms with E-state index in [1.165, 1.54) is 0 Å². The van der Waals surface area contributed by atoms with Crippen molar-refractivity contribution >= 4 is 12.0 Å². The van der Waals surface area contributed by atoms with Crippen LogP contribution in [0.15, 0.2) is 11.8 Å². The Morgan fingerprint density at radius 2 is 2.29 bits per heavy atom. The van der Waals surface area contributed by atoms with Crippen LogP contribution in [0.1, 0.15) is 6.92 Å². The first-order valence-corrected chi connectivity index (χ1v) is 3.70. The molecular weight excluding hydrogens is 188 g/mol. The molecule has 0 atom stereocenters. The molecule has 0 aliphatic carbocycles. The molecule has 0 aliphatic heterocycles. The summed E-state index contributed by atoms with van der Waals surface area (Å²) in [5.74, 6) is -0.770. The van der Waals surface area contributed by atoms with Crippen LogP contribution in [0.3, 0.4) is 0 Å². The number of hydrogen-bond donors (Lipinski definition) is 3. The first-order valence-electron chi connectivity index (χ1n) is 3.70. The number of urea groups is 1. The largest absolute Gasteiger partial charge is 0.462 e. The van der Waals surface area contributed by atoms with E-state index >= 15 is 0 Å². The molecule has 0 aromatic heterocycles. The van der Waals surface area contributed by atoms with Crippen molar-refractivity contribution in [1.82, 2.24) is 10.9 Å². The number of hydrogen-bond acceptors (Lipinski definition) is 5. The molecule has 0 aromatic carbocycles. The molecular formula is C7H10N4O3. The number of rotatable bonds is 4. The molecule has 7 nitrogen and oxygen atoms in total. The summed E-state index contributed by atoms with van der Waals surface area (Å²) in [5.41, 5.74) is 8.58. The first kappa shape index (κ1) is 11.8. The molecule has 14 heavy (non-hydrogen) atoms.